The highest BCUT2D eigenvalue weighted by Gasteiger charge is 2.14. The fourth-order valence-corrected chi connectivity index (χ4v) is 3.17. The van der Waals surface area contributed by atoms with E-state index in [1.165, 1.54) is 0 Å². The number of phenolic OH excluding ortho intramolecular Hbond substituents is 1. The molecule has 0 aliphatic rings. The Balaban J connectivity index is 2.00. The van der Waals surface area contributed by atoms with Gasteiger partial charge in [-0.2, -0.15) is 5.10 Å². The zero-order chi connectivity index (χ0) is 18.8. The van der Waals surface area contributed by atoms with E-state index in [9.17, 15) is 5.11 Å². The molecule has 4 N–H and O–H groups in total. The number of hydrogen-bond acceptors (Lipinski definition) is 6. The topological polar surface area (TPSA) is 107 Å². The van der Waals surface area contributed by atoms with Gasteiger partial charge in [0.25, 0.3) is 0 Å². The summed E-state index contributed by atoms with van der Waals surface area (Å²) in [5, 5.41) is 30.2. The molecule has 0 aliphatic heterocycles. The van der Waals surface area contributed by atoms with Gasteiger partial charge in [0.15, 0.2) is 0 Å². The summed E-state index contributed by atoms with van der Waals surface area (Å²) in [5.41, 5.74) is 4.93. The van der Waals surface area contributed by atoms with Gasteiger partial charge in [-0.3, -0.25) is 10.1 Å². The highest BCUT2D eigenvalue weighted by atomic mass is 16.3. The SMILES string of the molecule is Cc1cc(O)cc(-c2cc(NCCO)nc3c(-c4ccn[nH]4)nccc23)c1. The molecule has 7 heteroatoms. The monoisotopic (exact) mass is 361 g/mol. The zero-order valence-electron chi connectivity index (χ0n) is 14.8. The molecule has 1 aromatic carbocycles. The van der Waals surface area contributed by atoms with Gasteiger partial charge in [0, 0.05) is 24.3 Å². The molecule has 136 valence electrons. The first kappa shape index (κ1) is 17.0. The molecule has 0 aliphatic carbocycles. The van der Waals surface area contributed by atoms with E-state index < -0.39 is 0 Å². The molecule has 3 aromatic heterocycles. The van der Waals surface area contributed by atoms with Crippen LogP contribution in [0.3, 0.4) is 0 Å². The number of aliphatic hydroxyl groups excluding tert-OH is 1. The first-order valence-corrected chi connectivity index (χ1v) is 8.61. The van der Waals surface area contributed by atoms with Crippen LogP contribution in [0, 0.1) is 6.92 Å². The number of aryl methyl sites for hydroxylation is 1. The van der Waals surface area contributed by atoms with Gasteiger partial charge in [-0.15, -0.1) is 0 Å². The third-order valence-electron chi connectivity index (χ3n) is 4.27. The van der Waals surface area contributed by atoms with E-state index in [4.69, 9.17) is 10.1 Å². The van der Waals surface area contributed by atoms with Crippen molar-refractivity contribution in [2.75, 3.05) is 18.5 Å². The molecule has 4 aromatic rings. The van der Waals surface area contributed by atoms with E-state index in [2.05, 4.69) is 20.5 Å². The number of hydrogen-bond donors (Lipinski definition) is 4. The van der Waals surface area contributed by atoms with E-state index in [-0.39, 0.29) is 12.4 Å². The Bertz CT molecular complexity index is 1070. The number of fused-ring (bicyclic) bond motifs is 1. The minimum absolute atomic E-state index is 0.000723. The fourth-order valence-electron chi connectivity index (χ4n) is 3.17. The van der Waals surface area contributed by atoms with Crippen LogP contribution in [0.1, 0.15) is 5.56 Å². The molecule has 0 unspecified atom stereocenters. The van der Waals surface area contributed by atoms with Gasteiger partial charge in [-0.05, 0) is 53.9 Å². The Morgan fingerprint density at radius 1 is 1.11 bits per heavy atom. The van der Waals surface area contributed by atoms with Gasteiger partial charge in [0.1, 0.15) is 22.8 Å². The van der Waals surface area contributed by atoms with Crippen molar-refractivity contribution in [1.82, 2.24) is 20.2 Å². The van der Waals surface area contributed by atoms with Gasteiger partial charge >= 0.3 is 0 Å². The average Bonchev–Trinajstić information content (AvgIpc) is 3.19. The van der Waals surface area contributed by atoms with Crippen molar-refractivity contribution in [3.63, 3.8) is 0 Å². The maximum Gasteiger partial charge on any atom is 0.127 e. The van der Waals surface area contributed by atoms with Gasteiger partial charge in [-0.1, -0.05) is 6.07 Å². The Hall–Kier alpha value is -3.45. The van der Waals surface area contributed by atoms with Crippen molar-refractivity contribution in [2.45, 2.75) is 6.92 Å². The number of aromatic amines is 1. The number of aromatic nitrogens is 4. The number of nitrogens with zero attached hydrogens (tertiary/aromatic N) is 3. The van der Waals surface area contributed by atoms with Crippen LogP contribution in [-0.2, 0) is 0 Å². The van der Waals surface area contributed by atoms with E-state index >= 15 is 0 Å². The van der Waals surface area contributed by atoms with Crippen molar-refractivity contribution in [3.8, 4) is 28.3 Å². The van der Waals surface area contributed by atoms with E-state index in [0.717, 1.165) is 27.8 Å². The molecule has 3 heterocycles. The highest BCUT2D eigenvalue weighted by Crippen LogP contribution is 2.35. The smallest absolute Gasteiger partial charge is 0.127 e. The van der Waals surface area contributed by atoms with Gasteiger partial charge in [-0.25, -0.2) is 4.98 Å². The maximum absolute atomic E-state index is 10.1. The summed E-state index contributed by atoms with van der Waals surface area (Å²) in [6.45, 7) is 2.33. The van der Waals surface area contributed by atoms with E-state index in [0.29, 0.717) is 23.6 Å². The van der Waals surface area contributed by atoms with E-state index in [1.807, 2.05) is 31.2 Å². The zero-order valence-corrected chi connectivity index (χ0v) is 14.8. The normalized spacial score (nSPS) is 11.0. The lowest BCUT2D eigenvalue weighted by Gasteiger charge is -2.13. The van der Waals surface area contributed by atoms with Crippen LogP contribution in [0.2, 0.25) is 0 Å². The second-order valence-corrected chi connectivity index (χ2v) is 6.29. The van der Waals surface area contributed by atoms with Crippen LogP contribution < -0.4 is 5.32 Å². The van der Waals surface area contributed by atoms with Crippen molar-refractivity contribution in [1.29, 1.82) is 0 Å². The van der Waals surface area contributed by atoms with Crippen molar-refractivity contribution < 1.29 is 10.2 Å². The first-order chi connectivity index (χ1) is 13.2. The summed E-state index contributed by atoms with van der Waals surface area (Å²) < 4.78 is 0. The van der Waals surface area contributed by atoms with Crippen LogP contribution in [0.4, 0.5) is 5.82 Å². The number of aliphatic hydroxyl groups is 1. The molecule has 0 saturated carbocycles. The minimum Gasteiger partial charge on any atom is -0.508 e. The molecule has 27 heavy (non-hydrogen) atoms. The number of H-pyrrole nitrogens is 1. The number of anilines is 1. The molecule has 0 amide bonds. The average molecular weight is 361 g/mol. The molecule has 0 radical (unpaired) electrons. The largest absolute Gasteiger partial charge is 0.508 e. The molecular weight excluding hydrogens is 342 g/mol. The summed E-state index contributed by atoms with van der Waals surface area (Å²) in [4.78, 5) is 9.19. The molecule has 0 saturated heterocycles. The molecule has 0 atom stereocenters. The Morgan fingerprint density at radius 2 is 2.00 bits per heavy atom. The molecule has 7 nitrogen and oxygen atoms in total. The lowest BCUT2D eigenvalue weighted by molar-refractivity contribution is 0.311. The number of rotatable bonds is 5. The maximum atomic E-state index is 10.1. The molecule has 0 spiro atoms. The predicted molar refractivity (Wildman–Crippen MR) is 105 cm³/mol. The summed E-state index contributed by atoms with van der Waals surface area (Å²) in [5.74, 6) is 0.837. The molecule has 0 fully saturated rings. The number of pyridine rings is 2. The van der Waals surface area contributed by atoms with Crippen molar-refractivity contribution in [3.05, 3.63) is 54.4 Å². The standard InChI is InChI=1S/C20H19N5O2/c1-12-8-13(10-14(27)9-12)16-11-18(21-6-7-26)24-19-15(16)2-4-22-20(19)17-3-5-23-25-17/h2-5,8-11,26-27H,6-7H2,1H3,(H,21,24)(H,23,25). The number of aromatic hydroxyl groups is 1. The lowest BCUT2D eigenvalue weighted by atomic mass is 9.98. The van der Waals surface area contributed by atoms with Gasteiger partial charge in [0.2, 0.25) is 0 Å². The third-order valence-corrected chi connectivity index (χ3v) is 4.27. The van der Waals surface area contributed by atoms with Crippen molar-refractivity contribution in [2.24, 2.45) is 0 Å². The van der Waals surface area contributed by atoms with Gasteiger partial charge < -0.3 is 15.5 Å². The Kier molecular flexibility index (Phi) is 4.43. The van der Waals surface area contributed by atoms with Crippen LogP contribution in [-0.4, -0.2) is 43.5 Å². The molecular formula is C20H19N5O2. The Morgan fingerprint density at radius 3 is 2.74 bits per heavy atom. The van der Waals surface area contributed by atoms with E-state index in [1.54, 1.807) is 24.5 Å². The Labute approximate surface area is 155 Å². The second kappa shape index (κ2) is 7.05. The quantitative estimate of drug-likeness (QED) is 0.435. The minimum atomic E-state index is 0.000723. The van der Waals surface area contributed by atoms with Crippen LogP contribution in [0.5, 0.6) is 5.75 Å². The molecule has 4 rings (SSSR count). The number of nitrogens with one attached hydrogen (secondary N) is 2. The number of benzene rings is 1. The number of phenols is 1. The summed E-state index contributed by atoms with van der Waals surface area (Å²) in [6.07, 6.45) is 3.41. The third kappa shape index (κ3) is 3.32. The molecule has 0 bridgehead atoms. The van der Waals surface area contributed by atoms with Crippen LogP contribution in [0.15, 0.2) is 48.8 Å². The first-order valence-electron chi connectivity index (χ1n) is 8.61. The second-order valence-electron chi connectivity index (χ2n) is 6.29. The van der Waals surface area contributed by atoms with Crippen molar-refractivity contribution >= 4 is 16.7 Å². The summed E-state index contributed by atoms with van der Waals surface area (Å²) in [7, 11) is 0. The summed E-state index contributed by atoms with van der Waals surface area (Å²) in [6, 6.07) is 11.1. The summed E-state index contributed by atoms with van der Waals surface area (Å²) >= 11 is 0. The van der Waals surface area contributed by atoms with Crippen LogP contribution in [0.25, 0.3) is 33.4 Å². The van der Waals surface area contributed by atoms with Crippen LogP contribution >= 0.6 is 0 Å². The predicted octanol–water partition coefficient (Wildman–Crippen LogP) is 3.11. The fraction of sp³-hybridized carbons (Fsp3) is 0.150. The highest BCUT2D eigenvalue weighted by molar-refractivity contribution is 6.01. The lowest BCUT2D eigenvalue weighted by Crippen LogP contribution is -2.07. The van der Waals surface area contributed by atoms with Gasteiger partial charge in [0.05, 0.1) is 12.3 Å².